The van der Waals surface area contributed by atoms with Crippen LogP contribution in [0.5, 0.6) is 0 Å². The predicted molar refractivity (Wildman–Crippen MR) is 103 cm³/mol. The zero-order valence-corrected chi connectivity index (χ0v) is 15.8. The summed E-state index contributed by atoms with van der Waals surface area (Å²) in [6.45, 7) is 0.119. The number of carboxylic acid groups (broad SMARTS) is 1. The van der Waals surface area contributed by atoms with Crippen LogP contribution in [0.3, 0.4) is 0 Å². The first kappa shape index (κ1) is 23.6. The monoisotopic (exact) mass is 355 g/mol. The van der Waals surface area contributed by atoms with E-state index in [0.717, 1.165) is 44.9 Å². The Kier molecular flexibility index (Phi) is 17.9. The molecule has 0 atom stereocenters. The highest BCUT2D eigenvalue weighted by Gasteiger charge is 1.97. The minimum Gasteiger partial charge on any atom is -0.481 e. The van der Waals surface area contributed by atoms with E-state index in [0.29, 0.717) is 6.42 Å². The summed E-state index contributed by atoms with van der Waals surface area (Å²) in [5, 5.41) is 18.7. The molecule has 0 heterocycles. The molecule has 0 saturated heterocycles. The largest absolute Gasteiger partial charge is 0.481 e. The van der Waals surface area contributed by atoms with Crippen molar-refractivity contribution in [3.63, 3.8) is 0 Å². The molecule has 0 aromatic rings. The van der Waals surface area contributed by atoms with Crippen LogP contribution in [0.1, 0.15) is 103 Å². The molecule has 1 N–H and O–H groups in total. The number of carbonyl (C=O) groups is 1. The number of unbranched alkanes of at least 4 members (excludes halogenated alkanes) is 13. The van der Waals surface area contributed by atoms with Gasteiger partial charge in [0.1, 0.15) is 0 Å². The van der Waals surface area contributed by atoms with E-state index < -0.39 is 5.97 Å². The molecular weight excluding hydrogens is 318 g/mol. The summed E-state index contributed by atoms with van der Waals surface area (Å²) >= 11 is 0. The zero-order valence-electron chi connectivity index (χ0n) is 15.8. The zero-order chi connectivity index (χ0) is 18.6. The number of hydrogen-bond acceptors (Lipinski definition) is 3. The van der Waals surface area contributed by atoms with E-state index in [1.54, 1.807) is 0 Å². The van der Waals surface area contributed by atoms with Gasteiger partial charge in [0.2, 0.25) is 6.54 Å². The van der Waals surface area contributed by atoms with Crippen LogP contribution < -0.4 is 0 Å². The molecule has 0 fully saturated rings. The van der Waals surface area contributed by atoms with Gasteiger partial charge in [-0.05, 0) is 38.5 Å². The average molecular weight is 356 g/mol. The van der Waals surface area contributed by atoms with Crippen molar-refractivity contribution in [2.75, 3.05) is 6.54 Å². The summed E-state index contributed by atoms with van der Waals surface area (Å²) in [6, 6.07) is 0. The van der Waals surface area contributed by atoms with Crippen molar-refractivity contribution in [1.82, 2.24) is 0 Å². The van der Waals surface area contributed by atoms with Crippen molar-refractivity contribution in [3.05, 3.63) is 22.3 Å². The fourth-order valence-electron chi connectivity index (χ4n) is 2.87. The Morgan fingerprint density at radius 3 is 1.56 bits per heavy atom. The maximum absolute atomic E-state index is 10.4. The number of aliphatic carboxylic acids is 1. The van der Waals surface area contributed by atoms with Gasteiger partial charge in [0.05, 0.1) is 0 Å². The summed E-state index contributed by atoms with van der Waals surface area (Å²) in [7, 11) is 0. The Morgan fingerprint density at radius 1 is 0.720 bits per heavy atom. The molecule has 0 aromatic heterocycles. The van der Waals surface area contributed by atoms with Gasteiger partial charge in [0, 0.05) is 17.8 Å². The molecule has 0 bridgehead atoms. The van der Waals surface area contributed by atoms with Crippen LogP contribution in [0.25, 0.3) is 0 Å². The fraction of sp³-hybridized carbons (Fsp3) is 0.850. The van der Waals surface area contributed by atoms with E-state index in [1.165, 1.54) is 51.4 Å². The van der Waals surface area contributed by atoms with Gasteiger partial charge in [0.25, 0.3) is 0 Å². The van der Waals surface area contributed by atoms with Gasteiger partial charge in [0.15, 0.2) is 0 Å². The van der Waals surface area contributed by atoms with Crippen molar-refractivity contribution >= 4 is 5.97 Å². The standard InChI is InChI=1S/C20H37NO4/c22-20(23)18-16-14-12-10-8-6-4-2-1-3-5-7-9-11-13-15-17-19-21(24)25/h1,3H,2,4-19H2,(H,22,23)/b3-1-. The first-order valence-electron chi connectivity index (χ1n) is 10.1. The van der Waals surface area contributed by atoms with E-state index in [9.17, 15) is 14.9 Å². The molecule has 5 nitrogen and oxygen atoms in total. The predicted octanol–water partition coefficient (Wildman–Crippen LogP) is 6.15. The van der Waals surface area contributed by atoms with Gasteiger partial charge in [-0.25, -0.2) is 0 Å². The quantitative estimate of drug-likeness (QED) is 0.130. The highest BCUT2D eigenvalue weighted by molar-refractivity contribution is 5.66. The number of nitro groups is 1. The molecule has 0 aliphatic heterocycles. The van der Waals surface area contributed by atoms with Crippen molar-refractivity contribution in [1.29, 1.82) is 0 Å². The fourth-order valence-corrected chi connectivity index (χ4v) is 2.87. The van der Waals surface area contributed by atoms with Crippen LogP contribution in [0.4, 0.5) is 0 Å². The maximum atomic E-state index is 10.4. The number of rotatable bonds is 19. The minimum absolute atomic E-state index is 0.119. The van der Waals surface area contributed by atoms with Gasteiger partial charge >= 0.3 is 5.97 Å². The highest BCUT2D eigenvalue weighted by atomic mass is 16.6. The maximum Gasteiger partial charge on any atom is 0.303 e. The Hall–Kier alpha value is -1.39. The Morgan fingerprint density at radius 2 is 1.12 bits per heavy atom. The third kappa shape index (κ3) is 22.6. The first-order valence-corrected chi connectivity index (χ1v) is 10.1. The molecule has 0 spiro atoms. The smallest absolute Gasteiger partial charge is 0.303 e. The second kappa shape index (κ2) is 18.9. The normalized spacial score (nSPS) is 11.2. The molecule has 0 aromatic carbocycles. The second-order valence-electron chi connectivity index (χ2n) is 6.85. The second-order valence-corrected chi connectivity index (χ2v) is 6.85. The molecule has 146 valence electrons. The lowest BCUT2D eigenvalue weighted by Crippen LogP contribution is -1.99. The average Bonchev–Trinajstić information content (AvgIpc) is 2.56. The van der Waals surface area contributed by atoms with Crippen LogP contribution in [-0.2, 0) is 4.79 Å². The van der Waals surface area contributed by atoms with Crippen LogP contribution >= 0.6 is 0 Å². The van der Waals surface area contributed by atoms with Crippen LogP contribution in [0.2, 0.25) is 0 Å². The molecule has 0 radical (unpaired) electrons. The topological polar surface area (TPSA) is 80.4 Å². The molecule has 0 aliphatic rings. The van der Waals surface area contributed by atoms with Crippen molar-refractivity contribution in [2.24, 2.45) is 0 Å². The molecule has 0 saturated carbocycles. The van der Waals surface area contributed by atoms with E-state index >= 15 is 0 Å². The molecule has 0 aliphatic carbocycles. The lowest BCUT2D eigenvalue weighted by atomic mass is 10.1. The number of carboxylic acids is 1. The van der Waals surface area contributed by atoms with Crippen molar-refractivity contribution < 1.29 is 14.8 Å². The molecule has 5 heteroatoms. The van der Waals surface area contributed by atoms with Gasteiger partial charge in [-0.3, -0.25) is 14.9 Å². The lowest BCUT2D eigenvalue weighted by Gasteiger charge is -2.00. The number of allylic oxidation sites excluding steroid dienone is 2. The van der Waals surface area contributed by atoms with Gasteiger partial charge in [-0.1, -0.05) is 63.5 Å². The Bertz CT molecular complexity index is 356. The van der Waals surface area contributed by atoms with Crippen LogP contribution in [0.15, 0.2) is 12.2 Å². The summed E-state index contributed by atoms with van der Waals surface area (Å²) in [5.41, 5.74) is 0. The van der Waals surface area contributed by atoms with E-state index in [1.807, 2.05) is 0 Å². The molecular formula is C20H37NO4. The first-order chi connectivity index (χ1) is 12.1. The van der Waals surface area contributed by atoms with Gasteiger partial charge < -0.3 is 5.11 Å². The summed E-state index contributed by atoms with van der Waals surface area (Å²) in [5.74, 6) is -0.681. The molecule has 0 rings (SSSR count). The Balaban J connectivity index is 3.11. The molecule has 0 amide bonds. The third-order valence-corrected chi connectivity index (χ3v) is 4.39. The minimum atomic E-state index is -0.681. The summed E-state index contributed by atoms with van der Waals surface area (Å²) in [4.78, 5) is 20.3. The van der Waals surface area contributed by atoms with Gasteiger partial charge in [-0.2, -0.15) is 0 Å². The number of nitrogens with zero attached hydrogens (tertiary/aromatic N) is 1. The van der Waals surface area contributed by atoms with Crippen LogP contribution in [-0.4, -0.2) is 22.5 Å². The number of hydrogen-bond donors (Lipinski definition) is 1. The molecule has 0 unspecified atom stereocenters. The summed E-state index contributed by atoms with van der Waals surface area (Å²) in [6.07, 6.45) is 21.7. The highest BCUT2D eigenvalue weighted by Crippen LogP contribution is 2.11. The van der Waals surface area contributed by atoms with Gasteiger partial charge in [-0.15, -0.1) is 0 Å². The summed E-state index contributed by atoms with van der Waals surface area (Å²) < 4.78 is 0. The Labute approximate surface area is 153 Å². The molecule has 25 heavy (non-hydrogen) atoms. The van der Waals surface area contributed by atoms with Crippen LogP contribution in [0, 0.1) is 10.1 Å². The SMILES string of the molecule is O=C(O)CCCCCCCCC/C=C\CCCCCCCC[N+](=O)[O-]. The van der Waals surface area contributed by atoms with E-state index in [2.05, 4.69) is 12.2 Å². The lowest BCUT2D eigenvalue weighted by molar-refractivity contribution is -0.480. The van der Waals surface area contributed by atoms with Crippen molar-refractivity contribution in [3.8, 4) is 0 Å². The van der Waals surface area contributed by atoms with Crippen molar-refractivity contribution in [2.45, 2.75) is 103 Å². The third-order valence-electron chi connectivity index (χ3n) is 4.39. The van der Waals surface area contributed by atoms with E-state index in [4.69, 9.17) is 5.11 Å². The van der Waals surface area contributed by atoms with E-state index in [-0.39, 0.29) is 11.5 Å².